The van der Waals surface area contributed by atoms with Gasteiger partial charge >= 0.3 is 0 Å². The van der Waals surface area contributed by atoms with Crippen molar-refractivity contribution in [2.24, 2.45) is 5.73 Å². The highest BCUT2D eigenvalue weighted by molar-refractivity contribution is 5.27. The molecule has 1 heterocycles. The molecule has 0 spiro atoms. The fourth-order valence-electron chi connectivity index (χ4n) is 2.11. The first-order chi connectivity index (χ1) is 8.53. The van der Waals surface area contributed by atoms with Gasteiger partial charge in [0.25, 0.3) is 0 Å². The monoisotopic (exact) mass is 247 g/mol. The fourth-order valence-corrected chi connectivity index (χ4v) is 2.11. The quantitative estimate of drug-likeness (QED) is 0.902. The molecule has 3 nitrogen and oxygen atoms in total. The van der Waals surface area contributed by atoms with Gasteiger partial charge in [0.05, 0.1) is 6.20 Å². The highest BCUT2D eigenvalue weighted by Gasteiger charge is 2.25. The Balaban J connectivity index is 2.24. The van der Waals surface area contributed by atoms with Crippen molar-refractivity contribution in [3.63, 3.8) is 0 Å². The Labute approximate surface area is 106 Å². The van der Waals surface area contributed by atoms with E-state index in [-0.39, 0.29) is 5.82 Å². The maximum absolute atomic E-state index is 13.8. The number of nitrogens with two attached hydrogens (primary N) is 1. The zero-order valence-electron chi connectivity index (χ0n) is 10.7. The van der Waals surface area contributed by atoms with Crippen molar-refractivity contribution in [1.29, 1.82) is 0 Å². The Hall–Kier alpha value is -1.68. The molecule has 0 radical (unpaired) electrons. The van der Waals surface area contributed by atoms with Crippen LogP contribution in [-0.2, 0) is 18.5 Å². The summed E-state index contributed by atoms with van der Waals surface area (Å²) in [4.78, 5) is 0. The summed E-state index contributed by atoms with van der Waals surface area (Å²) in [5, 5.41) is 4.20. The van der Waals surface area contributed by atoms with Crippen LogP contribution in [-0.4, -0.2) is 9.78 Å². The molecule has 1 atom stereocenters. The van der Waals surface area contributed by atoms with Crippen LogP contribution in [0.3, 0.4) is 0 Å². The van der Waals surface area contributed by atoms with E-state index in [9.17, 15) is 4.39 Å². The molecule has 2 aromatic rings. The molecule has 0 aliphatic heterocycles. The Morgan fingerprint density at radius 1 is 1.39 bits per heavy atom. The molecule has 0 saturated heterocycles. The van der Waals surface area contributed by atoms with Gasteiger partial charge in [-0.1, -0.05) is 18.2 Å². The van der Waals surface area contributed by atoms with Gasteiger partial charge < -0.3 is 5.73 Å². The molecule has 0 aliphatic carbocycles. The average molecular weight is 247 g/mol. The second-order valence-electron chi connectivity index (χ2n) is 4.78. The van der Waals surface area contributed by atoms with E-state index in [2.05, 4.69) is 5.10 Å². The molecule has 1 aromatic carbocycles. The van der Waals surface area contributed by atoms with E-state index in [0.717, 1.165) is 12.1 Å². The molecule has 2 rings (SSSR count). The molecule has 0 saturated carbocycles. The number of rotatable bonds is 4. The highest BCUT2D eigenvalue weighted by Crippen LogP contribution is 2.24. The van der Waals surface area contributed by atoms with Crippen LogP contribution in [0, 0.1) is 5.82 Å². The normalized spacial score (nSPS) is 14.4. The molecule has 2 N–H and O–H groups in total. The van der Waals surface area contributed by atoms with E-state index in [1.54, 1.807) is 24.4 Å². The second kappa shape index (κ2) is 4.90. The van der Waals surface area contributed by atoms with Crippen LogP contribution < -0.4 is 5.73 Å². The number of aromatic nitrogens is 2. The minimum Gasteiger partial charge on any atom is -0.321 e. The Bertz CT molecular complexity index is 531. The molecular weight excluding hydrogens is 229 g/mol. The number of hydrogen-bond acceptors (Lipinski definition) is 2. The first-order valence-corrected chi connectivity index (χ1v) is 6.08. The second-order valence-corrected chi connectivity index (χ2v) is 4.78. The van der Waals surface area contributed by atoms with Crippen molar-refractivity contribution in [1.82, 2.24) is 9.78 Å². The predicted octanol–water partition coefficient (Wildman–Crippen LogP) is 2.46. The molecule has 1 unspecified atom stereocenters. The molecule has 18 heavy (non-hydrogen) atoms. The summed E-state index contributed by atoms with van der Waals surface area (Å²) in [5.41, 5.74) is 7.07. The molecule has 0 aliphatic rings. The van der Waals surface area contributed by atoms with Crippen molar-refractivity contribution < 1.29 is 4.39 Å². The third-order valence-electron chi connectivity index (χ3n) is 3.07. The van der Waals surface area contributed by atoms with Gasteiger partial charge in [-0.05, 0) is 31.9 Å². The maximum atomic E-state index is 13.8. The molecule has 96 valence electrons. The van der Waals surface area contributed by atoms with Gasteiger partial charge in [0.15, 0.2) is 0 Å². The zero-order valence-corrected chi connectivity index (χ0v) is 10.7. The molecule has 0 amide bonds. The summed E-state index contributed by atoms with van der Waals surface area (Å²) in [6.45, 7) is 4.69. The minimum atomic E-state index is -0.729. The van der Waals surface area contributed by atoms with Gasteiger partial charge in [-0.2, -0.15) is 5.10 Å². The molecule has 0 fully saturated rings. The third kappa shape index (κ3) is 2.59. The summed E-state index contributed by atoms with van der Waals surface area (Å²) in [6, 6.07) is 6.65. The van der Waals surface area contributed by atoms with Gasteiger partial charge in [0.2, 0.25) is 0 Å². The molecule has 0 bridgehead atoms. The van der Waals surface area contributed by atoms with Gasteiger partial charge in [0.1, 0.15) is 5.82 Å². The number of aryl methyl sites for hydroxylation is 1. The summed E-state index contributed by atoms with van der Waals surface area (Å²) in [7, 11) is 0. The standard InChI is InChI=1S/C14H18FN3/c1-3-18-10-11(9-17-18)8-14(2,16)12-6-4-5-7-13(12)15/h4-7,9-10H,3,8,16H2,1-2H3. The topological polar surface area (TPSA) is 43.8 Å². The number of halogens is 1. The fraction of sp³-hybridized carbons (Fsp3) is 0.357. The van der Waals surface area contributed by atoms with Crippen molar-refractivity contribution in [2.45, 2.75) is 32.4 Å². The third-order valence-corrected chi connectivity index (χ3v) is 3.07. The highest BCUT2D eigenvalue weighted by atomic mass is 19.1. The summed E-state index contributed by atoms with van der Waals surface area (Å²) >= 11 is 0. The lowest BCUT2D eigenvalue weighted by molar-refractivity contribution is 0.457. The van der Waals surface area contributed by atoms with Crippen molar-refractivity contribution >= 4 is 0 Å². The molecule has 4 heteroatoms. The van der Waals surface area contributed by atoms with Crippen LogP contribution in [0.1, 0.15) is 25.0 Å². The first kappa shape index (κ1) is 12.8. The Morgan fingerprint density at radius 3 is 2.72 bits per heavy atom. The lowest BCUT2D eigenvalue weighted by Gasteiger charge is -2.25. The van der Waals surface area contributed by atoms with Crippen molar-refractivity contribution in [2.75, 3.05) is 0 Å². The van der Waals surface area contributed by atoms with Crippen LogP contribution in [0.2, 0.25) is 0 Å². The van der Waals surface area contributed by atoms with E-state index in [0.29, 0.717) is 12.0 Å². The summed E-state index contributed by atoms with van der Waals surface area (Å²) < 4.78 is 15.6. The Kier molecular flexibility index (Phi) is 3.48. The zero-order chi connectivity index (χ0) is 13.2. The number of benzene rings is 1. The van der Waals surface area contributed by atoms with Crippen LogP contribution in [0.4, 0.5) is 4.39 Å². The maximum Gasteiger partial charge on any atom is 0.128 e. The lowest BCUT2D eigenvalue weighted by Crippen LogP contribution is -2.36. The Morgan fingerprint density at radius 2 is 2.11 bits per heavy atom. The smallest absolute Gasteiger partial charge is 0.128 e. The van der Waals surface area contributed by atoms with E-state index in [4.69, 9.17) is 5.73 Å². The number of hydrogen-bond donors (Lipinski definition) is 1. The van der Waals surface area contributed by atoms with Gasteiger partial charge in [-0.3, -0.25) is 4.68 Å². The van der Waals surface area contributed by atoms with Crippen LogP contribution in [0.25, 0.3) is 0 Å². The largest absolute Gasteiger partial charge is 0.321 e. The molecule has 1 aromatic heterocycles. The predicted molar refractivity (Wildman–Crippen MR) is 69.5 cm³/mol. The van der Waals surface area contributed by atoms with E-state index >= 15 is 0 Å². The van der Waals surface area contributed by atoms with Crippen LogP contribution >= 0.6 is 0 Å². The summed E-state index contributed by atoms with van der Waals surface area (Å²) in [6.07, 6.45) is 4.30. The summed E-state index contributed by atoms with van der Waals surface area (Å²) in [5.74, 6) is -0.259. The van der Waals surface area contributed by atoms with E-state index < -0.39 is 5.54 Å². The average Bonchev–Trinajstić information content (AvgIpc) is 2.76. The van der Waals surface area contributed by atoms with Crippen LogP contribution in [0.15, 0.2) is 36.7 Å². The van der Waals surface area contributed by atoms with Gasteiger partial charge in [-0.15, -0.1) is 0 Å². The lowest BCUT2D eigenvalue weighted by atomic mass is 9.87. The number of nitrogens with zero attached hydrogens (tertiary/aromatic N) is 2. The van der Waals surface area contributed by atoms with Crippen LogP contribution in [0.5, 0.6) is 0 Å². The van der Waals surface area contributed by atoms with E-state index in [1.165, 1.54) is 6.07 Å². The van der Waals surface area contributed by atoms with Gasteiger partial charge in [-0.25, -0.2) is 4.39 Å². The first-order valence-electron chi connectivity index (χ1n) is 6.08. The SMILES string of the molecule is CCn1cc(CC(C)(N)c2ccccc2F)cn1. The minimum absolute atomic E-state index is 0.259. The van der Waals surface area contributed by atoms with Crippen molar-refractivity contribution in [3.8, 4) is 0 Å². The molecular formula is C14H18FN3. The van der Waals surface area contributed by atoms with E-state index in [1.807, 2.05) is 24.7 Å². The van der Waals surface area contributed by atoms with Gasteiger partial charge in [0, 0.05) is 23.8 Å². The van der Waals surface area contributed by atoms with Crippen molar-refractivity contribution in [3.05, 3.63) is 53.6 Å².